The quantitative estimate of drug-likeness (QED) is 0.891. The summed E-state index contributed by atoms with van der Waals surface area (Å²) in [6, 6.07) is 9.94. The molecule has 1 saturated carbocycles. The maximum atomic E-state index is 13.4. The molecule has 0 aromatic heterocycles. The predicted molar refractivity (Wildman–Crippen MR) is 105 cm³/mol. The van der Waals surface area contributed by atoms with Crippen LogP contribution < -0.4 is 5.32 Å². The highest BCUT2D eigenvalue weighted by Gasteiger charge is 2.48. The van der Waals surface area contributed by atoms with Gasteiger partial charge in [-0.3, -0.25) is 9.59 Å². The van der Waals surface area contributed by atoms with Crippen molar-refractivity contribution >= 4 is 11.8 Å². The van der Waals surface area contributed by atoms with E-state index in [1.807, 2.05) is 47.2 Å². The largest absolute Gasteiger partial charge is 0.341 e. The van der Waals surface area contributed by atoms with Crippen LogP contribution in [0.2, 0.25) is 0 Å². The van der Waals surface area contributed by atoms with Gasteiger partial charge < -0.3 is 15.1 Å². The smallest absolute Gasteiger partial charge is 0.254 e. The Labute approximate surface area is 162 Å². The number of benzene rings is 1. The summed E-state index contributed by atoms with van der Waals surface area (Å²) in [7, 11) is 1.99. The summed E-state index contributed by atoms with van der Waals surface area (Å²) < 4.78 is 0. The number of carbonyl (C=O) groups excluding carboxylic acids is 2. The van der Waals surface area contributed by atoms with Gasteiger partial charge in [0.05, 0.1) is 0 Å². The number of carbonyl (C=O) groups is 2. The van der Waals surface area contributed by atoms with Crippen molar-refractivity contribution < 1.29 is 9.59 Å². The lowest BCUT2D eigenvalue weighted by Gasteiger charge is -2.37. The number of amides is 2. The summed E-state index contributed by atoms with van der Waals surface area (Å²) >= 11 is 0. The summed E-state index contributed by atoms with van der Waals surface area (Å²) in [5, 5.41) is 3.32. The first kappa shape index (κ1) is 18.5. The molecule has 2 amide bonds. The molecule has 3 fully saturated rings. The Morgan fingerprint density at radius 3 is 2.41 bits per heavy atom. The molecule has 1 aliphatic carbocycles. The number of likely N-dealkylation sites (tertiary alicyclic amines) is 2. The number of nitrogens with one attached hydrogen (secondary N) is 1. The minimum Gasteiger partial charge on any atom is -0.341 e. The lowest BCUT2D eigenvalue weighted by molar-refractivity contribution is -0.136. The van der Waals surface area contributed by atoms with Crippen LogP contribution in [0.4, 0.5) is 0 Å². The summed E-state index contributed by atoms with van der Waals surface area (Å²) in [4.78, 5) is 30.7. The normalized spacial score (nSPS) is 28.9. The van der Waals surface area contributed by atoms with Crippen LogP contribution in [0.5, 0.6) is 0 Å². The van der Waals surface area contributed by atoms with Gasteiger partial charge in [0.2, 0.25) is 5.91 Å². The molecular weight excluding hydrogens is 338 g/mol. The molecule has 27 heavy (non-hydrogen) atoms. The van der Waals surface area contributed by atoms with E-state index in [2.05, 4.69) is 5.32 Å². The minimum absolute atomic E-state index is 0.0356. The van der Waals surface area contributed by atoms with E-state index in [0.717, 1.165) is 51.6 Å². The lowest BCUT2D eigenvalue weighted by Crippen LogP contribution is -2.53. The van der Waals surface area contributed by atoms with Crippen LogP contribution in [0.25, 0.3) is 0 Å². The first-order chi connectivity index (χ1) is 13.2. The van der Waals surface area contributed by atoms with Gasteiger partial charge in [0, 0.05) is 30.7 Å². The molecule has 0 spiro atoms. The fourth-order valence-electron chi connectivity index (χ4n) is 5.30. The van der Waals surface area contributed by atoms with Gasteiger partial charge in [0.25, 0.3) is 5.91 Å². The Kier molecular flexibility index (Phi) is 5.48. The average molecular weight is 370 g/mol. The van der Waals surface area contributed by atoms with Crippen LogP contribution in [-0.4, -0.2) is 59.9 Å². The molecule has 5 nitrogen and oxygen atoms in total. The van der Waals surface area contributed by atoms with Crippen LogP contribution in [0.3, 0.4) is 0 Å². The molecule has 146 valence electrons. The fourth-order valence-corrected chi connectivity index (χ4v) is 5.30. The van der Waals surface area contributed by atoms with E-state index in [1.165, 1.54) is 6.42 Å². The van der Waals surface area contributed by atoms with E-state index in [4.69, 9.17) is 0 Å². The number of rotatable bonds is 3. The summed E-state index contributed by atoms with van der Waals surface area (Å²) in [6.45, 7) is 1.59. The van der Waals surface area contributed by atoms with Crippen molar-refractivity contribution in [2.45, 2.75) is 63.1 Å². The summed E-state index contributed by atoms with van der Waals surface area (Å²) in [6.07, 6.45) is 7.40. The van der Waals surface area contributed by atoms with E-state index in [-0.39, 0.29) is 23.9 Å². The van der Waals surface area contributed by atoms with Crippen molar-refractivity contribution in [3.63, 3.8) is 0 Å². The molecule has 5 heteroatoms. The third kappa shape index (κ3) is 3.62. The van der Waals surface area contributed by atoms with Crippen LogP contribution in [0, 0.1) is 5.92 Å². The Balaban J connectivity index is 1.56. The third-order valence-electron chi connectivity index (χ3n) is 6.84. The van der Waals surface area contributed by atoms with E-state index in [0.29, 0.717) is 17.5 Å². The topological polar surface area (TPSA) is 52.7 Å². The molecule has 3 unspecified atom stereocenters. The molecule has 0 bridgehead atoms. The van der Waals surface area contributed by atoms with Gasteiger partial charge in [0.15, 0.2) is 0 Å². The summed E-state index contributed by atoms with van der Waals surface area (Å²) in [5.74, 6) is 0.687. The highest BCUT2D eigenvalue weighted by atomic mass is 16.2. The highest BCUT2D eigenvalue weighted by Crippen LogP contribution is 2.41. The van der Waals surface area contributed by atoms with Crippen molar-refractivity contribution in [1.29, 1.82) is 0 Å². The minimum atomic E-state index is -0.281. The Bertz CT molecular complexity index is 669. The Morgan fingerprint density at radius 2 is 1.70 bits per heavy atom. The molecule has 3 atom stereocenters. The molecule has 2 aliphatic heterocycles. The van der Waals surface area contributed by atoms with Gasteiger partial charge >= 0.3 is 0 Å². The van der Waals surface area contributed by atoms with Gasteiger partial charge in [0.1, 0.15) is 6.04 Å². The van der Waals surface area contributed by atoms with Crippen molar-refractivity contribution in [2.24, 2.45) is 5.92 Å². The molecule has 0 radical (unpaired) electrons. The average Bonchev–Trinajstić information content (AvgIpc) is 3.13. The van der Waals surface area contributed by atoms with Crippen molar-refractivity contribution in [2.75, 3.05) is 20.1 Å². The Hall–Kier alpha value is -1.88. The first-order valence-electron chi connectivity index (χ1n) is 10.5. The van der Waals surface area contributed by atoms with E-state index in [9.17, 15) is 9.59 Å². The Morgan fingerprint density at radius 1 is 1.00 bits per heavy atom. The van der Waals surface area contributed by atoms with Crippen molar-refractivity contribution in [3.05, 3.63) is 35.9 Å². The van der Waals surface area contributed by atoms with Crippen LogP contribution in [-0.2, 0) is 4.79 Å². The maximum absolute atomic E-state index is 13.4. The van der Waals surface area contributed by atoms with Crippen LogP contribution in [0.15, 0.2) is 30.3 Å². The lowest BCUT2D eigenvalue weighted by atomic mass is 9.84. The second-order valence-corrected chi connectivity index (χ2v) is 8.33. The van der Waals surface area contributed by atoms with E-state index in [1.54, 1.807) is 0 Å². The van der Waals surface area contributed by atoms with Crippen LogP contribution >= 0.6 is 0 Å². The third-order valence-corrected chi connectivity index (χ3v) is 6.84. The SMILES string of the molecule is CNC1CCN(C(=O)C2CC3CCCCC3N2C(=O)c2ccccc2)CC1. The van der Waals surface area contributed by atoms with Crippen molar-refractivity contribution in [1.82, 2.24) is 15.1 Å². The van der Waals surface area contributed by atoms with Crippen LogP contribution in [0.1, 0.15) is 55.3 Å². The molecule has 2 saturated heterocycles. The van der Waals surface area contributed by atoms with Gasteiger partial charge in [-0.05, 0) is 57.2 Å². The number of piperidine rings is 1. The van der Waals surface area contributed by atoms with Gasteiger partial charge in [-0.15, -0.1) is 0 Å². The molecule has 3 aliphatic rings. The molecular formula is C22H31N3O2. The molecule has 1 aromatic rings. The van der Waals surface area contributed by atoms with Gasteiger partial charge in [-0.25, -0.2) is 0 Å². The highest BCUT2D eigenvalue weighted by molar-refractivity contribution is 5.98. The predicted octanol–water partition coefficient (Wildman–Crippen LogP) is 2.67. The zero-order valence-corrected chi connectivity index (χ0v) is 16.3. The molecule has 1 aromatic carbocycles. The van der Waals surface area contributed by atoms with Gasteiger partial charge in [-0.2, -0.15) is 0 Å². The molecule has 4 rings (SSSR count). The second kappa shape index (κ2) is 8.01. The number of nitrogens with zero attached hydrogens (tertiary/aromatic N) is 2. The zero-order chi connectivity index (χ0) is 18.8. The number of hydrogen-bond donors (Lipinski definition) is 1. The molecule has 1 N–H and O–H groups in total. The fraction of sp³-hybridized carbons (Fsp3) is 0.636. The summed E-state index contributed by atoms with van der Waals surface area (Å²) in [5.41, 5.74) is 0.704. The van der Waals surface area contributed by atoms with E-state index < -0.39 is 0 Å². The van der Waals surface area contributed by atoms with Crippen molar-refractivity contribution in [3.8, 4) is 0 Å². The number of fused-ring (bicyclic) bond motifs is 1. The second-order valence-electron chi connectivity index (χ2n) is 8.33. The molecule has 2 heterocycles. The van der Waals surface area contributed by atoms with E-state index >= 15 is 0 Å². The zero-order valence-electron chi connectivity index (χ0n) is 16.3. The maximum Gasteiger partial charge on any atom is 0.254 e. The number of hydrogen-bond acceptors (Lipinski definition) is 3. The monoisotopic (exact) mass is 369 g/mol. The standard InChI is InChI=1S/C22H31N3O2/c1-23-18-11-13-24(14-12-18)22(27)20-15-17-9-5-6-10-19(17)25(20)21(26)16-7-3-2-4-8-16/h2-4,7-8,17-20,23H,5-6,9-15H2,1H3. The van der Waals surface area contributed by atoms with Gasteiger partial charge in [-0.1, -0.05) is 31.0 Å². The first-order valence-corrected chi connectivity index (χ1v) is 10.5.